The number of piperazine rings is 1. The minimum atomic E-state index is -3.67. The van der Waals surface area contributed by atoms with Gasteiger partial charge in [0.1, 0.15) is 0 Å². The van der Waals surface area contributed by atoms with Crippen LogP contribution >= 0.6 is 11.3 Å². The number of nitrogens with one attached hydrogen (secondary N) is 1. The highest BCUT2D eigenvalue weighted by atomic mass is 32.2. The van der Waals surface area contributed by atoms with Gasteiger partial charge in [0.2, 0.25) is 10.0 Å². The van der Waals surface area contributed by atoms with Crippen molar-refractivity contribution in [3.63, 3.8) is 0 Å². The zero-order valence-corrected chi connectivity index (χ0v) is 20.4. The first-order valence-electron chi connectivity index (χ1n) is 10.6. The largest absolute Gasteiger partial charge is 0.330 e. The Hall–Kier alpha value is -3.88. The summed E-state index contributed by atoms with van der Waals surface area (Å²) in [5.41, 5.74) is 11.8. The molecular weight excluding hydrogens is 486 g/mol. The number of hydrogen-bond acceptors (Lipinski definition) is 7. The Morgan fingerprint density at radius 1 is 1.20 bits per heavy atom. The van der Waals surface area contributed by atoms with Gasteiger partial charge in [-0.3, -0.25) is 10.1 Å². The number of aryl methyl sites for hydroxylation is 1. The summed E-state index contributed by atoms with van der Waals surface area (Å²) in [6.07, 6.45) is 5.37. The lowest BCUT2D eigenvalue weighted by Crippen LogP contribution is -2.46. The number of aromatic nitrogens is 1. The van der Waals surface area contributed by atoms with Gasteiger partial charge in [0.25, 0.3) is 5.91 Å². The molecule has 1 fully saturated rings. The van der Waals surface area contributed by atoms with Crippen LogP contribution in [0.25, 0.3) is 21.7 Å². The van der Waals surface area contributed by atoms with Gasteiger partial charge in [0.15, 0.2) is 5.13 Å². The molecule has 3 aromatic rings. The van der Waals surface area contributed by atoms with E-state index in [4.69, 9.17) is 12.0 Å². The molecule has 1 aliphatic heterocycles. The van der Waals surface area contributed by atoms with Crippen LogP contribution in [0, 0.1) is 19.4 Å². The molecule has 1 N–H and O–H groups in total. The summed E-state index contributed by atoms with van der Waals surface area (Å²) in [4.78, 5) is 21.9. The van der Waals surface area contributed by atoms with E-state index < -0.39 is 15.9 Å². The number of hydrogen-bond donors (Lipinski definition) is 1. The molecule has 1 saturated heterocycles. The quantitative estimate of drug-likeness (QED) is 0.231. The van der Waals surface area contributed by atoms with Gasteiger partial charge in [-0.25, -0.2) is 13.4 Å². The van der Waals surface area contributed by atoms with Crippen LogP contribution < -0.4 is 5.32 Å². The van der Waals surface area contributed by atoms with Gasteiger partial charge in [-0.15, -0.1) is 11.3 Å². The molecule has 0 radical (unpaired) electrons. The zero-order chi connectivity index (χ0) is 25.0. The van der Waals surface area contributed by atoms with Crippen LogP contribution in [0.4, 0.5) is 10.8 Å². The highest BCUT2D eigenvalue weighted by Crippen LogP contribution is 2.33. The summed E-state index contributed by atoms with van der Waals surface area (Å²) in [7, 11) is -3.67. The van der Waals surface area contributed by atoms with E-state index in [1.54, 1.807) is 16.3 Å². The van der Waals surface area contributed by atoms with E-state index in [-0.39, 0.29) is 4.90 Å². The van der Waals surface area contributed by atoms with E-state index in [0.29, 0.717) is 53.8 Å². The number of terminal acetylenes is 1. The monoisotopic (exact) mass is 507 g/mol. The number of benzene rings is 2. The number of anilines is 1. The van der Waals surface area contributed by atoms with Crippen LogP contribution in [0.5, 0.6) is 0 Å². The van der Waals surface area contributed by atoms with Crippen molar-refractivity contribution < 1.29 is 13.2 Å². The number of thiazole rings is 1. The Balaban J connectivity index is 1.47. The van der Waals surface area contributed by atoms with E-state index in [9.17, 15) is 13.2 Å². The Labute approximate surface area is 206 Å². The molecule has 1 aliphatic rings. The molecule has 0 saturated carbocycles. The Morgan fingerprint density at radius 3 is 2.57 bits per heavy atom. The van der Waals surface area contributed by atoms with Gasteiger partial charge in [0, 0.05) is 59.3 Å². The number of nitrogens with zero attached hydrogens (tertiary/aromatic N) is 6. The topological polar surface area (TPSA) is 131 Å². The molecule has 12 heteroatoms. The van der Waals surface area contributed by atoms with Crippen molar-refractivity contribution in [2.75, 3.05) is 31.5 Å². The van der Waals surface area contributed by atoms with Crippen molar-refractivity contribution in [2.45, 2.75) is 11.8 Å². The molecular formula is C23H21N7O3S2. The second-order valence-corrected chi connectivity index (χ2v) is 10.5. The lowest BCUT2D eigenvalue weighted by molar-refractivity contribution is 0.102. The SMILES string of the molecule is C#CN1CCN(S(=O)(=O)c2ccc(C(=O)Nc3nc(-c4cc(C)ccc4N=[N+]=[N-])cs3)cc2)CC1. The third-order valence-corrected chi connectivity index (χ3v) is 8.15. The fourth-order valence-corrected chi connectivity index (χ4v) is 5.73. The summed E-state index contributed by atoms with van der Waals surface area (Å²) in [5, 5.41) is 8.56. The normalized spacial score (nSPS) is 14.1. The molecule has 1 amide bonds. The Kier molecular flexibility index (Phi) is 7.04. The predicted octanol–water partition coefficient (Wildman–Crippen LogP) is 4.21. The maximum absolute atomic E-state index is 12.9. The average molecular weight is 508 g/mol. The van der Waals surface area contributed by atoms with Crippen LogP contribution in [-0.4, -0.2) is 54.7 Å². The number of carbonyl (C=O) groups excluding carboxylic acids is 1. The van der Waals surface area contributed by atoms with E-state index in [2.05, 4.69) is 26.4 Å². The minimum absolute atomic E-state index is 0.116. The van der Waals surface area contributed by atoms with Crippen molar-refractivity contribution in [3.05, 3.63) is 69.4 Å². The molecule has 0 aliphatic carbocycles. The fourth-order valence-electron chi connectivity index (χ4n) is 3.60. The number of rotatable bonds is 6. The summed E-state index contributed by atoms with van der Waals surface area (Å²) < 4.78 is 27.2. The maximum atomic E-state index is 12.9. The lowest BCUT2D eigenvalue weighted by atomic mass is 10.1. The molecule has 2 aromatic carbocycles. The second-order valence-electron chi connectivity index (χ2n) is 7.75. The molecule has 1 aromatic heterocycles. The first-order valence-corrected chi connectivity index (χ1v) is 12.9. The predicted molar refractivity (Wildman–Crippen MR) is 135 cm³/mol. The molecule has 0 bridgehead atoms. The fraction of sp³-hybridized carbons (Fsp3) is 0.217. The number of carbonyl (C=O) groups is 1. The van der Waals surface area contributed by atoms with Crippen molar-refractivity contribution in [1.82, 2.24) is 14.2 Å². The van der Waals surface area contributed by atoms with E-state index in [0.717, 1.165) is 5.56 Å². The standard InChI is InChI=1S/C23H21N7O3S2/c1-3-29-10-12-30(13-11-29)35(32,33)18-7-5-17(6-8-18)22(31)26-23-25-21(15-34-23)19-14-16(2)4-9-20(19)27-28-24/h1,4-9,14-15H,10-13H2,2H3,(H,25,26,31). The molecule has 35 heavy (non-hydrogen) atoms. The molecule has 10 nitrogen and oxygen atoms in total. The maximum Gasteiger partial charge on any atom is 0.257 e. The van der Waals surface area contributed by atoms with Crippen molar-refractivity contribution in [3.8, 4) is 23.7 Å². The molecule has 0 atom stereocenters. The molecule has 178 valence electrons. The van der Waals surface area contributed by atoms with Crippen LogP contribution in [0.2, 0.25) is 0 Å². The first-order chi connectivity index (χ1) is 16.8. The smallest absolute Gasteiger partial charge is 0.257 e. The van der Waals surface area contributed by atoms with E-state index >= 15 is 0 Å². The van der Waals surface area contributed by atoms with Gasteiger partial charge < -0.3 is 4.90 Å². The summed E-state index contributed by atoms with van der Waals surface area (Å²) in [5.74, 6) is -0.419. The lowest BCUT2D eigenvalue weighted by Gasteiger charge is -2.31. The first kappa shape index (κ1) is 24.3. The highest BCUT2D eigenvalue weighted by molar-refractivity contribution is 7.89. The van der Waals surface area contributed by atoms with Crippen molar-refractivity contribution >= 4 is 38.1 Å². The highest BCUT2D eigenvalue weighted by Gasteiger charge is 2.28. The number of amides is 1. The summed E-state index contributed by atoms with van der Waals surface area (Å²) in [6, 6.07) is 13.7. The molecule has 0 unspecified atom stereocenters. The van der Waals surface area contributed by atoms with Crippen molar-refractivity contribution in [2.24, 2.45) is 5.11 Å². The van der Waals surface area contributed by atoms with E-state index in [1.165, 1.54) is 39.9 Å². The average Bonchev–Trinajstić information content (AvgIpc) is 3.33. The summed E-state index contributed by atoms with van der Waals surface area (Å²) >= 11 is 1.23. The summed E-state index contributed by atoms with van der Waals surface area (Å²) in [6.45, 7) is 3.48. The third kappa shape index (κ3) is 5.29. The molecule has 2 heterocycles. The van der Waals surface area contributed by atoms with Crippen LogP contribution in [0.15, 0.2) is 57.9 Å². The van der Waals surface area contributed by atoms with Gasteiger partial charge in [-0.1, -0.05) is 29.2 Å². The molecule has 4 rings (SSSR count). The Morgan fingerprint density at radius 2 is 1.91 bits per heavy atom. The third-order valence-electron chi connectivity index (χ3n) is 5.48. The van der Waals surface area contributed by atoms with Crippen molar-refractivity contribution in [1.29, 1.82) is 0 Å². The Bertz CT molecular complexity index is 1440. The number of azide groups is 1. The van der Waals surface area contributed by atoms with Gasteiger partial charge in [-0.2, -0.15) is 4.31 Å². The van der Waals surface area contributed by atoms with E-state index in [1.807, 2.05) is 19.1 Å². The van der Waals surface area contributed by atoms with Crippen LogP contribution in [-0.2, 0) is 10.0 Å². The van der Waals surface area contributed by atoms with Gasteiger partial charge in [0.05, 0.1) is 10.6 Å². The van der Waals surface area contributed by atoms with Gasteiger partial charge in [-0.05, 0) is 42.8 Å². The van der Waals surface area contributed by atoms with Crippen LogP contribution in [0.3, 0.4) is 0 Å². The van der Waals surface area contributed by atoms with Crippen LogP contribution in [0.1, 0.15) is 15.9 Å². The van der Waals surface area contributed by atoms with Gasteiger partial charge >= 0.3 is 0 Å². The zero-order valence-electron chi connectivity index (χ0n) is 18.7. The number of sulfonamides is 1. The second kappa shape index (κ2) is 10.2. The minimum Gasteiger partial charge on any atom is -0.330 e. The molecule has 0 spiro atoms.